The normalized spacial score (nSPS) is 22.6. The molecule has 0 saturated carbocycles. The second kappa shape index (κ2) is 5.13. The Hall–Kier alpha value is -1.08. The molecule has 1 aliphatic rings. The van der Waals surface area contributed by atoms with E-state index in [4.69, 9.17) is 0 Å². The zero-order valence-electron chi connectivity index (χ0n) is 8.97. The predicted molar refractivity (Wildman–Crippen MR) is 62.6 cm³/mol. The van der Waals surface area contributed by atoms with Gasteiger partial charge in [-0.3, -0.25) is 0 Å². The molecule has 0 bridgehead atoms. The minimum absolute atomic E-state index is 0.219. The monoisotopic (exact) mass is 202 g/mol. The largest absolute Gasteiger partial charge is 0.392 e. The number of allylic oxidation sites excluding steroid dienone is 1. The number of hydrogen-bond acceptors (Lipinski definition) is 1. The summed E-state index contributed by atoms with van der Waals surface area (Å²) in [6.45, 7) is 0. The van der Waals surface area contributed by atoms with Crippen molar-refractivity contribution < 1.29 is 5.11 Å². The topological polar surface area (TPSA) is 20.2 Å². The Morgan fingerprint density at radius 2 is 2.07 bits per heavy atom. The third-order valence-corrected chi connectivity index (χ3v) is 3.07. The molecule has 0 aliphatic heterocycles. The van der Waals surface area contributed by atoms with Crippen molar-refractivity contribution in [1.82, 2.24) is 0 Å². The van der Waals surface area contributed by atoms with Crippen molar-refractivity contribution in [3.05, 3.63) is 48.0 Å². The van der Waals surface area contributed by atoms with Gasteiger partial charge in [0.1, 0.15) is 0 Å². The quantitative estimate of drug-likeness (QED) is 0.747. The minimum Gasteiger partial charge on any atom is -0.392 e. The van der Waals surface area contributed by atoms with Crippen LogP contribution in [0.1, 0.15) is 24.8 Å². The van der Waals surface area contributed by atoms with E-state index in [1.165, 1.54) is 18.4 Å². The van der Waals surface area contributed by atoms with Gasteiger partial charge >= 0.3 is 0 Å². The van der Waals surface area contributed by atoms with Crippen molar-refractivity contribution in [3.8, 4) is 0 Å². The molecule has 0 heterocycles. The minimum atomic E-state index is -0.219. The third kappa shape index (κ3) is 2.93. The molecule has 0 spiro atoms. The highest BCUT2D eigenvalue weighted by molar-refractivity contribution is 5.16. The average molecular weight is 202 g/mol. The zero-order valence-corrected chi connectivity index (χ0v) is 8.97. The molecular weight excluding hydrogens is 184 g/mol. The number of benzene rings is 1. The number of hydrogen-bond donors (Lipinski definition) is 1. The van der Waals surface area contributed by atoms with Crippen LogP contribution in [0.15, 0.2) is 42.5 Å². The molecule has 0 amide bonds. The average Bonchev–Trinajstić information content (AvgIpc) is 2.31. The maximum atomic E-state index is 10.1. The molecular formula is C14H18O. The van der Waals surface area contributed by atoms with Gasteiger partial charge in [-0.25, -0.2) is 0 Å². The first-order valence-electron chi connectivity index (χ1n) is 5.75. The fraction of sp³-hybridized carbons (Fsp3) is 0.429. The summed E-state index contributed by atoms with van der Waals surface area (Å²) in [4.78, 5) is 0. The Morgan fingerprint density at radius 1 is 1.27 bits per heavy atom. The van der Waals surface area contributed by atoms with Crippen LogP contribution in [0, 0.1) is 5.92 Å². The Morgan fingerprint density at radius 3 is 2.73 bits per heavy atom. The molecule has 1 aromatic rings. The molecule has 80 valence electrons. The van der Waals surface area contributed by atoms with E-state index in [-0.39, 0.29) is 6.10 Å². The molecule has 0 unspecified atom stereocenters. The summed E-state index contributed by atoms with van der Waals surface area (Å²) in [6, 6.07) is 10.2. The van der Waals surface area contributed by atoms with Crippen LogP contribution in [-0.4, -0.2) is 11.2 Å². The van der Waals surface area contributed by atoms with Gasteiger partial charge < -0.3 is 5.11 Å². The van der Waals surface area contributed by atoms with Crippen LogP contribution < -0.4 is 0 Å². The molecule has 1 N–H and O–H groups in total. The maximum absolute atomic E-state index is 10.1. The zero-order chi connectivity index (χ0) is 10.5. The Labute approximate surface area is 91.4 Å². The molecule has 0 saturated heterocycles. The van der Waals surface area contributed by atoms with Gasteiger partial charge in [0, 0.05) is 5.92 Å². The molecule has 1 aromatic carbocycles. The van der Waals surface area contributed by atoms with E-state index in [1.54, 1.807) is 0 Å². The third-order valence-electron chi connectivity index (χ3n) is 3.07. The van der Waals surface area contributed by atoms with Crippen LogP contribution in [-0.2, 0) is 6.42 Å². The van der Waals surface area contributed by atoms with Crippen LogP contribution >= 0.6 is 0 Å². The first-order valence-corrected chi connectivity index (χ1v) is 5.75. The molecule has 1 nitrogen and oxygen atoms in total. The summed E-state index contributed by atoms with van der Waals surface area (Å²) in [7, 11) is 0. The fourth-order valence-electron chi connectivity index (χ4n) is 2.17. The summed E-state index contributed by atoms with van der Waals surface area (Å²) in [5.41, 5.74) is 1.23. The fourth-order valence-corrected chi connectivity index (χ4v) is 2.17. The van der Waals surface area contributed by atoms with E-state index in [0.29, 0.717) is 5.92 Å². The van der Waals surface area contributed by atoms with Crippen LogP contribution in [0.5, 0.6) is 0 Å². The molecule has 1 heteroatoms. The lowest BCUT2D eigenvalue weighted by atomic mass is 9.88. The molecule has 0 aromatic heterocycles. The van der Waals surface area contributed by atoms with E-state index >= 15 is 0 Å². The number of aliphatic hydroxyl groups is 1. The first-order chi connectivity index (χ1) is 7.36. The summed E-state index contributed by atoms with van der Waals surface area (Å²) in [5, 5.41) is 10.1. The molecule has 2 rings (SSSR count). The molecule has 15 heavy (non-hydrogen) atoms. The SMILES string of the molecule is O[C@@H](Cc1ccccc1)[C@@H]1C=CCCC1. The van der Waals surface area contributed by atoms with Crippen molar-refractivity contribution in [3.63, 3.8) is 0 Å². The van der Waals surface area contributed by atoms with Crippen molar-refractivity contribution in [2.75, 3.05) is 0 Å². The van der Waals surface area contributed by atoms with E-state index in [1.807, 2.05) is 18.2 Å². The smallest absolute Gasteiger partial charge is 0.0643 e. The van der Waals surface area contributed by atoms with E-state index < -0.39 is 0 Å². The highest BCUT2D eigenvalue weighted by Crippen LogP contribution is 2.22. The van der Waals surface area contributed by atoms with Crippen molar-refractivity contribution in [1.29, 1.82) is 0 Å². The van der Waals surface area contributed by atoms with E-state index in [9.17, 15) is 5.11 Å². The van der Waals surface area contributed by atoms with Gasteiger partial charge in [-0.15, -0.1) is 0 Å². The molecule has 0 fully saturated rings. The second-order valence-electron chi connectivity index (χ2n) is 4.28. The van der Waals surface area contributed by atoms with Gasteiger partial charge in [0.05, 0.1) is 6.10 Å². The summed E-state index contributed by atoms with van der Waals surface area (Å²) in [6.07, 6.45) is 8.45. The lowest BCUT2D eigenvalue weighted by Crippen LogP contribution is -2.22. The van der Waals surface area contributed by atoms with Crippen LogP contribution in [0.2, 0.25) is 0 Å². The summed E-state index contributed by atoms with van der Waals surface area (Å²) >= 11 is 0. The van der Waals surface area contributed by atoms with Crippen LogP contribution in [0.25, 0.3) is 0 Å². The van der Waals surface area contributed by atoms with Crippen LogP contribution in [0.3, 0.4) is 0 Å². The molecule has 1 aliphatic carbocycles. The number of aliphatic hydroxyl groups excluding tert-OH is 1. The lowest BCUT2D eigenvalue weighted by molar-refractivity contribution is 0.122. The highest BCUT2D eigenvalue weighted by atomic mass is 16.3. The highest BCUT2D eigenvalue weighted by Gasteiger charge is 2.18. The van der Waals surface area contributed by atoms with Gasteiger partial charge in [0.2, 0.25) is 0 Å². The Kier molecular flexibility index (Phi) is 3.57. The van der Waals surface area contributed by atoms with Crippen LogP contribution in [0.4, 0.5) is 0 Å². The molecule has 2 atom stereocenters. The molecule has 0 radical (unpaired) electrons. The maximum Gasteiger partial charge on any atom is 0.0643 e. The Bertz CT molecular complexity index is 315. The van der Waals surface area contributed by atoms with Crippen molar-refractivity contribution >= 4 is 0 Å². The van der Waals surface area contributed by atoms with Gasteiger partial charge in [0.25, 0.3) is 0 Å². The Balaban J connectivity index is 1.94. The van der Waals surface area contributed by atoms with Crippen molar-refractivity contribution in [2.45, 2.75) is 31.8 Å². The predicted octanol–water partition coefficient (Wildman–Crippen LogP) is 2.95. The van der Waals surface area contributed by atoms with Crippen molar-refractivity contribution in [2.24, 2.45) is 5.92 Å². The lowest BCUT2D eigenvalue weighted by Gasteiger charge is -2.22. The number of rotatable bonds is 3. The van der Waals surface area contributed by atoms with E-state index in [2.05, 4.69) is 24.3 Å². The first kappa shape index (κ1) is 10.4. The van der Waals surface area contributed by atoms with Gasteiger partial charge in [-0.2, -0.15) is 0 Å². The standard InChI is InChI=1S/C14H18O/c15-14(13-9-5-2-6-10-13)11-12-7-3-1-4-8-12/h1,3-5,7-9,13-15H,2,6,10-11H2/t13-,14+/m1/s1. The summed E-state index contributed by atoms with van der Waals surface area (Å²) < 4.78 is 0. The summed E-state index contributed by atoms with van der Waals surface area (Å²) in [5.74, 6) is 0.360. The van der Waals surface area contributed by atoms with Gasteiger partial charge in [-0.1, -0.05) is 42.5 Å². The second-order valence-corrected chi connectivity index (χ2v) is 4.28. The van der Waals surface area contributed by atoms with Gasteiger partial charge in [-0.05, 0) is 31.2 Å². The van der Waals surface area contributed by atoms with Gasteiger partial charge in [0.15, 0.2) is 0 Å². The van der Waals surface area contributed by atoms with E-state index in [0.717, 1.165) is 12.8 Å².